The monoisotopic (exact) mass is 382 g/mol. The number of carbonyl (C=O) groups excluding carboxylic acids is 2. The predicted molar refractivity (Wildman–Crippen MR) is 101 cm³/mol. The molecule has 0 radical (unpaired) electrons. The second kappa shape index (κ2) is 7.51. The van der Waals surface area contributed by atoms with Gasteiger partial charge in [-0.15, -0.1) is 0 Å². The van der Waals surface area contributed by atoms with Gasteiger partial charge in [0.05, 0.1) is 0 Å². The van der Waals surface area contributed by atoms with Crippen LogP contribution in [0.2, 0.25) is 0 Å². The third kappa shape index (κ3) is 3.29. The number of nitrogens with zero attached hydrogens (tertiary/aromatic N) is 6. The van der Waals surface area contributed by atoms with Gasteiger partial charge in [0.25, 0.3) is 5.91 Å². The Morgan fingerprint density at radius 3 is 2.57 bits per heavy atom. The molecular formula is C19H22N6O3. The Hall–Kier alpha value is -3.07. The van der Waals surface area contributed by atoms with E-state index in [4.69, 9.17) is 4.74 Å². The molecule has 1 saturated heterocycles. The van der Waals surface area contributed by atoms with E-state index in [-0.39, 0.29) is 11.6 Å². The highest BCUT2D eigenvalue weighted by molar-refractivity contribution is 6.08. The van der Waals surface area contributed by atoms with E-state index < -0.39 is 12.3 Å². The van der Waals surface area contributed by atoms with Gasteiger partial charge in [-0.3, -0.25) is 9.78 Å². The van der Waals surface area contributed by atoms with Crippen LogP contribution >= 0.6 is 0 Å². The second-order valence-corrected chi connectivity index (χ2v) is 6.87. The zero-order valence-electron chi connectivity index (χ0n) is 15.9. The van der Waals surface area contributed by atoms with Gasteiger partial charge in [0, 0.05) is 44.8 Å². The van der Waals surface area contributed by atoms with Crippen molar-refractivity contribution in [1.82, 2.24) is 24.8 Å². The van der Waals surface area contributed by atoms with E-state index in [9.17, 15) is 9.59 Å². The molecule has 0 unspecified atom stereocenters. The van der Waals surface area contributed by atoms with Crippen LogP contribution in [-0.4, -0.2) is 70.0 Å². The predicted octanol–water partition coefficient (Wildman–Crippen LogP) is 1.48. The van der Waals surface area contributed by atoms with Gasteiger partial charge in [0.1, 0.15) is 11.5 Å². The zero-order chi connectivity index (χ0) is 19.7. The summed E-state index contributed by atoms with van der Waals surface area (Å²) in [7, 11) is 2.01. The average molecular weight is 382 g/mol. The molecule has 2 aromatic heterocycles. The van der Waals surface area contributed by atoms with Crippen LogP contribution < -0.4 is 4.90 Å². The SMILES string of the molecule is CCc1ccc(N2C(=O)c3nccnc3[C@@H]2OC(=O)N2CCN(C)CC2)nc1. The lowest BCUT2D eigenvalue weighted by molar-refractivity contribution is 0.0476. The van der Waals surface area contributed by atoms with Crippen LogP contribution in [0.3, 0.4) is 0 Å². The van der Waals surface area contributed by atoms with Gasteiger partial charge in [-0.25, -0.2) is 19.7 Å². The fourth-order valence-electron chi connectivity index (χ4n) is 3.30. The van der Waals surface area contributed by atoms with Crippen LogP contribution in [0.5, 0.6) is 0 Å². The molecule has 9 nitrogen and oxygen atoms in total. The van der Waals surface area contributed by atoms with E-state index in [0.29, 0.717) is 24.6 Å². The van der Waals surface area contributed by atoms with Crippen molar-refractivity contribution in [3.05, 3.63) is 47.7 Å². The Bertz CT molecular complexity index is 879. The molecule has 4 heterocycles. The van der Waals surface area contributed by atoms with E-state index in [1.54, 1.807) is 17.2 Å². The van der Waals surface area contributed by atoms with Crippen LogP contribution in [0, 0.1) is 0 Å². The zero-order valence-corrected chi connectivity index (χ0v) is 15.9. The van der Waals surface area contributed by atoms with Gasteiger partial charge < -0.3 is 14.5 Å². The number of anilines is 1. The van der Waals surface area contributed by atoms with Crippen LogP contribution in [0.4, 0.5) is 10.6 Å². The number of aromatic nitrogens is 3. The lowest BCUT2D eigenvalue weighted by Gasteiger charge is -2.33. The Morgan fingerprint density at radius 1 is 1.14 bits per heavy atom. The first-order valence-corrected chi connectivity index (χ1v) is 9.32. The first kappa shape index (κ1) is 18.3. The molecule has 0 N–H and O–H groups in total. The van der Waals surface area contributed by atoms with Crippen molar-refractivity contribution >= 4 is 17.8 Å². The molecule has 0 aromatic carbocycles. The molecule has 2 aliphatic rings. The lowest BCUT2D eigenvalue weighted by atomic mass is 10.2. The molecule has 2 aromatic rings. The summed E-state index contributed by atoms with van der Waals surface area (Å²) in [5.41, 5.74) is 1.56. The molecule has 0 spiro atoms. The van der Waals surface area contributed by atoms with Crippen molar-refractivity contribution < 1.29 is 14.3 Å². The third-order valence-electron chi connectivity index (χ3n) is 5.05. The van der Waals surface area contributed by atoms with Gasteiger partial charge >= 0.3 is 6.09 Å². The first-order valence-electron chi connectivity index (χ1n) is 9.32. The van der Waals surface area contributed by atoms with Crippen molar-refractivity contribution in [1.29, 1.82) is 0 Å². The Balaban J connectivity index is 1.62. The second-order valence-electron chi connectivity index (χ2n) is 6.87. The highest BCUT2D eigenvalue weighted by Crippen LogP contribution is 2.35. The normalized spacial score (nSPS) is 19.6. The summed E-state index contributed by atoms with van der Waals surface area (Å²) in [5.74, 6) is 0.0224. The van der Waals surface area contributed by atoms with E-state index in [1.165, 1.54) is 17.3 Å². The topological polar surface area (TPSA) is 91.8 Å². The average Bonchev–Trinajstić information content (AvgIpc) is 3.00. The van der Waals surface area contributed by atoms with E-state index >= 15 is 0 Å². The minimum absolute atomic E-state index is 0.181. The summed E-state index contributed by atoms with van der Waals surface area (Å²) < 4.78 is 5.74. The Kier molecular flexibility index (Phi) is 4.91. The highest BCUT2D eigenvalue weighted by Gasteiger charge is 2.44. The quantitative estimate of drug-likeness (QED) is 0.794. The van der Waals surface area contributed by atoms with Crippen LogP contribution in [0.15, 0.2) is 30.7 Å². The molecule has 1 atom stereocenters. The van der Waals surface area contributed by atoms with Gasteiger partial charge in [-0.2, -0.15) is 0 Å². The van der Waals surface area contributed by atoms with Crippen molar-refractivity contribution in [3.63, 3.8) is 0 Å². The largest absolute Gasteiger partial charge is 0.419 e. The van der Waals surface area contributed by atoms with Crippen molar-refractivity contribution in [2.45, 2.75) is 19.6 Å². The number of amides is 2. The minimum Gasteiger partial charge on any atom is -0.419 e. The number of hydrogen-bond acceptors (Lipinski definition) is 7. The summed E-state index contributed by atoms with van der Waals surface area (Å²) >= 11 is 0. The molecule has 9 heteroatoms. The molecule has 2 aliphatic heterocycles. The maximum absolute atomic E-state index is 12.9. The van der Waals surface area contributed by atoms with E-state index in [1.807, 2.05) is 20.0 Å². The van der Waals surface area contributed by atoms with Crippen molar-refractivity contribution in [2.75, 3.05) is 38.1 Å². The van der Waals surface area contributed by atoms with Crippen molar-refractivity contribution in [3.8, 4) is 0 Å². The molecule has 0 saturated carbocycles. The number of carbonyl (C=O) groups is 2. The number of ether oxygens (including phenoxy) is 1. The summed E-state index contributed by atoms with van der Waals surface area (Å²) in [6, 6.07) is 3.65. The summed E-state index contributed by atoms with van der Waals surface area (Å²) in [6.45, 7) is 4.74. The summed E-state index contributed by atoms with van der Waals surface area (Å²) in [6.07, 6.45) is 4.04. The Labute approximate surface area is 163 Å². The molecule has 0 aliphatic carbocycles. The van der Waals surface area contributed by atoms with Gasteiger partial charge in [-0.1, -0.05) is 13.0 Å². The number of hydrogen-bond donors (Lipinski definition) is 0. The molecule has 2 amide bonds. The molecule has 1 fully saturated rings. The van der Waals surface area contributed by atoms with Gasteiger partial charge in [0.15, 0.2) is 5.69 Å². The number of likely N-dealkylation sites (N-methyl/N-ethyl adjacent to an activating group) is 1. The van der Waals surface area contributed by atoms with Gasteiger partial charge in [0.2, 0.25) is 6.23 Å². The van der Waals surface area contributed by atoms with Crippen molar-refractivity contribution in [2.24, 2.45) is 0 Å². The summed E-state index contributed by atoms with van der Waals surface area (Å²) in [5, 5.41) is 0. The smallest absolute Gasteiger partial charge is 0.412 e. The van der Waals surface area contributed by atoms with E-state index in [0.717, 1.165) is 25.1 Å². The standard InChI is InChI=1S/C19H22N6O3/c1-3-13-4-5-14(22-12-13)25-17(26)15-16(21-7-6-20-15)18(25)28-19(27)24-10-8-23(2)9-11-24/h4-7,12,18H,3,8-11H2,1-2H3/t18-/m0/s1. The third-order valence-corrected chi connectivity index (χ3v) is 5.05. The maximum atomic E-state index is 12.9. The number of fused-ring (bicyclic) bond motifs is 1. The fraction of sp³-hybridized carbons (Fsp3) is 0.421. The highest BCUT2D eigenvalue weighted by atomic mass is 16.6. The number of piperazine rings is 1. The van der Waals surface area contributed by atoms with Gasteiger partial charge in [-0.05, 0) is 25.1 Å². The van der Waals surface area contributed by atoms with E-state index in [2.05, 4.69) is 19.9 Å². The van der Waals surface area contributed by atoms with Crippen LogP contribution in [-0.2, 0) is 11.2 Å². The number of aryl methyl sites for hydroxylation is 1. The molecule has 0 bridgehead atoms. The molecule has 146 valence electrons. The lowest BCUT2D eigenvalue weighted by Crippen LogP contribution is -2.48. The first-order chi connectivity index (χ1) is 13.6. The minimum atomic E-state index is -0.983. The summed E-state index contributed by atoms with van der Waals surface area (Å²) in [4.78, 5) is 43.6. The molecule has 28 heavy (non-hydrogen) atoms. The molecular weight excluding hydrogens is 360 g/mol. The van der Waals surface area contributed by atoms with Crippen LogP contribution in [0.25, 0.3) is 0 Å². The number of pyridine rings is 1. The fourth-order valence-corrected chi connectivity index (χ4v) is 3.30. The number of rotatable bonds is 3. The Morgan fingerprint density at radius 2 is 1.89 bits per heavy atom. The maximum Gasteiger partial charge on any atom is 0.412 e. The van der Waals surface area contributed by atoms with Crippen LogP contribution in [0.1, 0.15) is 34.9 Å². The molecule has 4 rings (SSSR count).